The van der Waals surface area contributed by atoms with Crippen LogP contribution in [0.4, 0.5) is 15.8 Å². The number of amides is 1. The summed E-state index contributed by atoms with van der Waals surface area (Å²) < 4.78 is 24.0. The van der Waals surface area contributed by atoms with Gasteiger partial charge in [-0.15, -0.1) is 10.2 Å². The largest absolute Gasteiger partial charge is 0.507 e. The number of ether oxygens (including phenoxy) is 2. The zero-order valence-electron chi connectivity index (χ0n) is 14.2. The van der Waals surface area contributed by atoms with Crippen LogP contribution in [0.3, 0.4) is 0 Å². The summed E-state index contributed by atoms with van der Waals surface area (Å²) in [5, 5.41) is 19.6. The number of hydrogen-bond donors (Lipinski definition) is 2. The minimum Gasteiger partial charge on any atom is -0.507 e. The molecule has 0 saturated heterocycles. The zero-order chi connectivity index (χ0) is 18.8. The predicted molar refractivity (Wildman–Crippen MR) is 86.1 cm³/mol. The third kappa shape index (κ3) is 3.36. The van der Waals surface area contributed by atoms with Crippen LogP contribution in [0, 0.1) is 5.82 Å². The second-order valence-electron chi connectivity index (χ2n) is 5.82. The Labute approximate surface area is 143 Å². The minimum absolute atomic E-state index is 0.165. The maximum atomic E-state index is 14.8. The van der Waals surface area contributed by atoms with Gasteiger partial charge >= 0.3 is 5.97 Å². The van der Waals surface area contributed by atoms with E-state index in [-0.39, 0.29) is 23.8 Å². The predicted octanol–water partition coefficient (Wildman–Crippen LogP) is 2.73. The van der Waals surface area contributed by atoms with Crippen molar-refractivity contribution in [1.29, 1.82) is 0 Å². The van der Waals surface area contributed by atoms with Crippen LogP contribution >= 0.6 is 0 Å². The van der Waals surface area contributed by atoms with Crippen LogP contribution < -0.4 is 5.32 Å². The Balaban J connectivity index is 2.46. The molecular weight excluding hydrogens is 333 g/mol. The molecule has 134 valence electrons. The van der Waals surface area contributed by atoms with Crippen molar-refractivity contribution in [3.8, 4) is 0 Å². The number of nitrogens with one attached hydrogen (secondary N) is 1. The Bertz CT molecular complexity index is 786. The van der Waals surface area contributed by atoms with Crippen molar-refractivity contribution in [2.75, 3.05) is 26.1 Å². The number of nitrogens with zero attached hydrogens (tertiary/aromatic N) is 2. The summed E-state index contributed by atoms with van der Waals surface area (Å²) in [6, 6.07) is 2.80. The maximum absolute atomic E-state index is 14.8. The second kappa shape index (κ2) is 6.98. The number of aliphatic hydroxyl groups is 1. The van der Waals surface area contributed by atoms with Crippen molar-refractivity contribution in [2.24, 2.45) is 10.2 Å². The van der Waals surface area contributed by atoms with E-state index >= 15 is 0 Å². The van der Waals surface area contributed by atoms with Gasteiger partial charge in [-0.2, -0.15) is 0 Å². The highest BCUT2D eigenvalue weighted by Crippen LogP contribution is 2.42. The van der Waals surface area contributed by atoms with Crippen molar-refractivity contribution < 1.29 is 28.6 Å². The molecule has 1 heterocycles. The monoisotopic (exact) mass is 351 g/mol. The van der Waals surface area contributed by atoms with Gasteiger partial charge in [-0.1, -0.05) is 0 Å². The molecule has 0 unspecified atom stereocenters. The first-order chi connectivity index (χ1) is 11.7. The fourth-order valence-corrected chi connectivity index (χ4v) is 2.37. The SMILES string of the molecule is COCC(O)=C(N=Nc1ccc2c(c1F)C(C)(C)C(=O)N2)C(=O)OC. The Kier molecular flexibility index (Phi) is 5.17. The number of anilines is 1. The second-order valence-corrected chi connectivity index (χ2v) is 5.82. The number of azo groups is 1. The molecule has 0 radical (unpaired) electrons. The molecule has 8 nitrogen and oxygen atoms in total. The number of esters is 1. The number of halogens is 1. The molecule has 9 heteroatoms. The molecule has 1 amide bonds. The lowest BCUT2D eigenvalue weighted by Gasteiger charge is -2.16. The van der Waals surface area contributed by atoms with Gasteiger partial charge < -0.3 is 19.9 Å². The van der Waals surface area contributed by atoms with Crippen LogP contribution in [0.15, 0.2) is 33.8 Å². The average molecular weight is 351 g/mol. The number of rotatable bonds is 5. The molecule has 0 aromatic heterocycles. The lowest BCUT2D eigenvalue weighted by molar-refractivity contribution is -0.136. The van der Waals surface area contributed by atoms with E-state index in [2.05, 4.69) is 20.3 Å². The normalized spacial score (nSPS) is 16.4. The van der Waals surface area contributed by atoms with Gasteiger partial charge in [0.05, 0.1) is 12.5 Å². The molecule has 0 saturated carbocycles. The van der Waals surface area contributed by atoms with Crippen molar-refractivity contribution in [3.05, 3.63) is 35.0 Å². The van der Waals surface area contributed by atoms with E-state index in [0.717, 1.165) is 7.11 Å². The van der Waals surface area contributed by atoms with Crippen molar-refractivity contribution in [3.63, 3.8) is 0 Å². The summed E-state index contributed by atoms with van der Waals surface area (Å²) in [5.41, 5.74) is -1.23. The smallest absolute Gasteiger partial charge is 0.362 e. The lowest BCUT2D eigenvalue weighted by Crippen LogP contribution is -2.27. The first-order valence-corrected chi connectivity index (χ1v) is 7.29. The number of hydrogen-bond acceptors (Lipinski definition) is 7. The molecule has 25 heavy (non-hydrogen) atoms. The van der Waals surface area contributed by atoms with E-state index in [4.69, 9.17) is 4.74 Å². The molecule has 2 N–H and O–H groups in total. The van der Waals surface area contributed by atoms with Gasteiger partial charge in [0, 0.05) is 18.4 Å². The van der Waals surface area contributed by atoms with E-state index in [9.17, 15) is 19.1 Å². The van der Waals surface area contributed by atoms with Crippen molar-refractivity contribution in [2.45, 2.75) is 19.3 Å². The van der Waals surface area contributed by atoms with Crippen LogP contribution in [0.2, 0.25) is 0 Å². The first kappa shape index (κ1) is 18.5. The summed E-state index contributed by atoms with van der Waals surface area (Å²) in [6.07, 6.45) is 0. The molecule has 1 aromatic rings. The molecule has 0 atom stereocenters. The van der Waals surface area contributed by atoms with Gasteiger partial charge in [0.2, 0.25) is 11.6 Å². The Morgan fingerprint density at radius 1 is 1.36 bits per heavy atom. The molecule has 0 fully saturated rings. The van der Waals surface area contributed by atoms with Crippen LogP contribution in [-0.2, 0) is 24.5 Å². The lowest BCUT2D eigenvalue weighted by atomic mass is 9.85. The van der Waals surface area contributed by atoms with E-state index in [1.165, 1.54) is 19.2 Å². The van der Waals surface area contributed by atoms with Gasteiger partial charge in [0.25, 0.3) is 0 Å². The number of carbonyl (C=O) groups excluding carboxylic acids is 2. The van der Waals surface area contributed by atoms with Gasteiger partial charge in [-0.3, -0.25) is 4.79 Å². The van der Waals surface area contributed by atoms with Crippen molar-refractivity contribution in [1.82, 2.24) is 0 Å². The van der Waals surface area contributed by atoms with Crippen LogP contribution in [0.5, 0.6) is 0 Å². The Hall–Kier alpha value is -2.81. The maximum Gasteiger partial charge on any atom is 0.362 e. The number of benzene rings is 1. The molecule has 2 rings (SSSR count). The van der Waals surface area contributed by atoms with E-state index in [1.807, 2.05) is 0 Å². The molecule has 0 spiro atoms. The average Bonchev–Trinajstić information content (AvgIpc) is 2.79. The number of carbonyl (C=O) groups is 2. The standard InChI is InChI=1S/C16H18FN3O5/c1-16(2)11-8(18-15(16)23)5-6-9(12(11)17)19-20-13(14(22)25-4)10(21)7-24-3/h5-6,21H,7H2,1-4H3,(H,18,23). The molecule has 1 aliphatic heterocycles. The van der Waals surface area contributed by atoms with E-state index in [0.29, 0.717) is 5.69 Å². The number of methoxy groups -OCH3 is 2. The topological polar surface area (TPSA) is 110 Å². The summed E-state index contributed by atoms with van der Waals surface area (Å²) in [6.45, 7) is 2.88. The van der Waals surface area contributed by atoms with E-state index < -0.39 is 28.7 Å². The fourth-order valence-electron chi connectivity index (χ4n) is 2.37. The summed E-state index contributed by atoms with van der Waals surface area (Å²) in [7, 11) is 2.42. The highest BCUT2D eigenvalue weighted by Gasteiger charge is 2.41. The fraction of sp³-hybridized carbons (Fsp3) is 0.375. The molecule has 0 aliphatic carbocycles. The van der Waals surface area contributed by atoms with E-state index in [1.54, 1.807) is 13.8 Å². The Morgan fingerprint density at radius 3 is 2.64 bits per heavy atom. The number of fused-ring (bicyclic) bond motifs is 1. The van der Waals surface area contributed by atoms with Gasteiger partial charge in [-0.05, 0) is 26.0 Å². The molecule has 1 aliphatic rings. The minimum atomic E-state index is -1.07. The molecule has 0 bridgehead atoms. The third-order valence-electron chi connectivity index (χ3n) is 3.75. The zero-order valence-corrected chi connectivity index (χ0v) is 14.2. The summed E-state index contributed by atoms with van der Waals surface area (Å²) >= 11 is 0. The van der Waals surface area contributed by atoms with Crippen LogP contribution in [0.25, 0.3) is 0 Å². The number of aliphatic hydroxyl groups excluding tert-OH is 1. The highest BCUT2D eigenvalue weighted by molar-refractivity contribution is 6.06. The van der Waals surface area contributed by atoms with Crippen LogP contribution in [-0.4, -0.2) is 37.8 Å². The summed E-state index contributed by atoms with van der Waals surface area (Å²) in [5.74, 6) is -2.52. The highest BCUT2D eigenvalue weighted by atomic mass is 19.1. The molecule has 1 aromatic carbocycles. The third-order valence-corrected chi connectivity index (χ3v) is 3.75. The van der Waals surface area contributed by atoms with Crippen molar-refractivity contribution >= 4 is 23.3 Å². The van der Waals surface area contributed by atoms with Crippen LogP contribution in [0.1, 0.15) is 19.4 Å². The van der Waals surface area contributed by atoms with Gasteiger partial charge in [0.15, 0.2) is 11.6 Å². The Morgan fingerprint density at radius 2 is 2.04 bits per heavy atom. The summed E-state index contributed by atoms with van der Waals surface area (Å²) in [4.78, 5) is 23.6. The quantitative estimate of drug-likeness (QED) is 0.367. The molecular formula is C16H18FN3O5. The van der Waals surface area contributed by atoms with Gasteiger partial charge in [-0.25, -0.2) is 9.18 Å². The van der Waals surface area contributed by atoms with Gasteiger partial charge in [0.1, 0.15) is 12.3 Å². The first-order valence-electron chi connectivity index (χ1n) is 7.29.